The van der Waals surface area contributed by atoms with Gasteiger partial charge >= 0.3 is 0 Å². The summed E-state index contributed by atoms with van der Waals surface area (Å²) >= 11 is 0. The average molecular weight is 390 g/mol. The highest BCUT2D eigenvalue weighted by Crippen LogP contribution is 2.24. The molecule has 3 aromatic rings. The maximum absolute atomic E-state index is 12.7. The van der Waals surface area contributed by atoms with Gasteiger partial charge in [-0.2, -0.15) is 5.10 Å². The minimum Gasteiger partial charge on any atom is -0.355 e. The molecule has 1 aliphatic carbocycles. The van der Waals surface area contributed by atoms with Gasteiger partial charge in [-0.3, -0.25) is 4.79 Å². The van der Waals surface area contributed by atoms with Gasteiger partial charge in [-0.15, -0.1) is 5.10 Å². The number of amides is 1. The van der Waals surface area contributed by atoms with Gasteiger partial charge in [0, 0.05) is 24.7 Å². The molecule has 2 aliphatic rings. The van der Waals surface area contributed by atoms with E-state index >= 15 is 0 Å². The van der Waals surface area contributed by atoms with E-state index in [4.69, 9.17) is 0 Å². The van der Waals surface area contributed by atoms with Crippen molar-refractivity contribution < 1.29 is 4.79 Å². The van der Waals surface area contributed by atoms with E-state index in [1.54, 1.807) is 0 Å². The first-order valence-corrected chi connectivity index (χ1v) is 10.5. The molecule has 0 spiro atoms. The van der Waals surface area contributed by atoms with E-state index < -0.39 is 0 Å². The third-order valence-corrected chi connectivity index (χ3v) is 6.07. The number of anilines is 1. The maximum Gasteiger partial charge on any atom is 0.251 e. The molecule has 1 aromatic carbocycles. The van der Waals surface area contributed by atoms with E-state index in [1.165, 1.54) is 24.1 Å². The number of rotatable bonds is 3. The number of imidazole rings is 1. The Morgan fingerprint density at radius 2 is 1.97 bits per heavy atom. The van der Waals surface area contributed by atoms with Gasteiger partial charge in [0.05, 0.1) is 16.7 Å². The van der Waals surface area contributed by atoms with Crippen molar-refractivity contribution >= 4 is 22.8 Å². The number of nitrogens with zero attached hydrogens (tertiary/aromatic N) is 4. The number of nitrogens with one attached hydrogen (secondary N) is 2. The molecule has 1 aliphatic heterocycles. The SMILES string of the molecule is Cc1nc2ccc(C(=O)NC3CCN(c4cc5c(nn4)CCCC5)CC3)cc2[nH]1. The normalized spacial score (nSPS) is 17.3. The van der Waals surface area contributed by atoms with E-state index in [1.807, 2.05) is 25.1 Å². The van der Waals surface area contributed by atoms with Crippen molar-refractivity contribution in [2.24, 2.45) is 0 Å². The predicted octanol–water partition coefficient (Wildman–Crippen LogP) is 2.94. The predicted molar refractivity (Wildman–Crippen MR) is 112 cm³/mol. The summed E-state index contributed by atoms with van der Waals surface area (Å²) in [7, 11) is 0. The number of hydrogen-bond acceptors (Lipinski definition) is 5. The zero-order valence-corrected chi connectivity index (χ0v) is 16.7. The van der Waals surface area contributed by atoms with Crippen LogP contribution < -0.4 is 10.2 Å². The largest absolute Gasteiger partial charge is 0.355 e. The van der Waals surface area contributed by atoms with Gasteiger partial charge in [-0.25, -0.2) is 4.98 Å². The maximum atomic E-state index is 12.7. The molecule has 1 amide bonds. The molecular formula is C22H26N6O. The van der Waals surface area contributed by atoms with Crippen molar-refractivity contribution in [3.8, 4) is 0 Å². The summed E-state index contributed by atoms with van der Waals surface area (Å²) in [4.78, 5) is 22.6. The van der Waals surface area contributed by atoms with Crippen LogP contribution >= 0.6 is 0 Å². The summed E-state index contributed by atoms with van der Waals surface area (Å²) in [5, 5.41) is 12.1. The fraction of sp³-hybridized carbons (Fsp3) is 0.455. The Morgan fingerprint density at radius 3 is 2.83 bits per heavy atom. The van der Waals surface area contributed by atoms with E-state index in [9.17, 15) is 4.79 Å². The van der Waals surface area contributed by atoms with Gasteiger partial charge in [0.25, 0.3) is 5.91 Å². The fourth-order valence-electron chi connectivity index (χ4n) is 4.43. The Morgan fingerprint density at radius 1 is 1.14 bits per heavy atom. The number of H-pyrrole nitrogens is 1. The Hall–Kier alpha value is -2.96. The molecule has 29 heavy (non-hydrogen) atoms. The summed E-state index contributed by atoms with van der Waals surface area (Å²) in [6, 6.07) is 8.02. The summed E-state index contributed by atoms with van der Waals surface area (Å²) in [6.07, 6.45) is 6.46. The lowest BCUT2D eigenvalue weighted by Gasteiger charge is -2.33. The second-order valence-corrected chi connectivity index (χ2v) is 8.17. The number of aromatic nitrogens is 4. The van der Waals surface area contributed by atoms with Crippen LogP contribution in [-0.2, 0) is 12.8 Å². The molecule has 5 rings (SSSR count). The lowest BCUT2D eigenvalue weighted by molar-refractivity contribution is 0.0931. The molecule has 3 heterocycles. The lowest BCUT2D eigenvalue weighted by Crippen LogP contribution is -2.45. The minimum atomic E-state index is -0.0221. The van der Waals surface area contributed by atoms with Gasteiger partial charge in [-0.1, -0.05) is 0 Å². The van der Waals surface area contributed by atoms with Crippen molar-refractivity contribution in [3.05, 3.63) is 46.9 Å². The summed E-state index contributed by atoms with van der Waals surface area (Å²) in [5.41, 5.74) is 4.99. The Labute approximate surface area is 169 Å². The Bertz CT molecular complexity index is 1050. The minimum absolute atomic E-state index is 0.0221. The first-order valence-electron chi connectivity index (χ1n) is 10.5. The van der Waals surface area contributed by atoms with Crippen LogP contribution in [0, 0.1) is 6.92 Å². The quantitative estimate of drug-likeness (QED) is 0.718. The van der Waals surface area contributed by atoms with Gasteiger partial charge in [0.15, 0.2) is 5.82 Å². The molecule has 7 heteroatoms. The van der Waals surface area contributed by atoms with E-state index in [-0.39, 0.29) is 11.9 Å². The number of aromatic amines is 1. The smallest absolute Gasteiger partial charge is 0.251 e. The summed E-state index contributed by atoms with van der Waals surface area (Å²) < 4.78 is 0. The topological polar surface area (TPSA) is 86.8 Å². The third-order valence-electron chi connectivity index (χ3n) is 6.07. The number of fused-ring (bicyclic) bond motifs is 2. The molecular weight excluding hydrogens is 364 g/mol. The van der Waals surface area contributed by atoms with Gasteiger partial charge in [0.2, 0.25) is 0 Å². The molecule has 1 fully saturated rings. The molecule has 0 radical (unpaired) electrons. The second kappa shape index (κ2) is 7.46. The van der Waals surface area contributed by atoms with Gasteiger partial charge < -0.3 is 15.2 Å². The van der Waals surface area contributed by atoms with Crippen molar-refractivity contribution in [2.45, 2.75) is 51.5 Å². The van der Waals surface area contributed by atoms with Crippen LogP contribution in [0.5, 0.6) is 0 Å². The molecule has 150 valence electrons. The Balaban J connectivity index is 1.20. The van der Waals surface area contributed by atoms with Crippen LogP contribution in [0.1, 0.15) is 53.1 Å². The monoisotopic (exact) mass is 390 g/mol. The third kappa shape index (κ3) is 3.69. The molecule has 0 atom stereocenters. The zero-order chi connectivity index (χ0) is 19.8. The summed E-state index contributed by atoms with van der Waals surface area (Å²) in [6.45, 7) is 3.69. The number of aryl methyl sites for hydroxylation is 3. The van der Waals surface area contributed by atoms with E-state index in [0.29, 0.717) is 5.56 Å². The number of carbonyl (C=O) groups excluding carboxylic acids is 1. The van der Waals surface area contributed by atoms with Gasteiger partial charge in [-0.05, 0) is 75.3 Å². The molecule has 0 saturated carbocycles. The number of hydrogen-bond donors (Lipinski definition) is 2. The average Bonchev–Trinajstić information content (AvgIpc) is 3.13. The van der Waals surface area contributed by atoms with Crippen LogP contribution in [-0.4, -0.2) is 45.2 Å². The van der Waals surface area contributed by atoms with Crippen LogP contribution in [0.15, 0.2) is 24.3 Å². The highest BCUT2D eigenvalue weighted by atomic mass is 16.1. The summed E-state index contributed by atoms with van der Waals surface area (Å²) in [5.74, 6) is 1.82. The molecule has 2 aromatic heterocycles. The van der Waals surface area contributed by atoms with Crippen LogP contribution in [0.3, 0.4) is 0 Å². The molecule has 1 saturated heterocycles. The number of piperidine rings is 1. The molecule has 0 bridgehead atoms. The zero-order valence-electron chi connectivity index (χ0n) is 16.7. The van der Waals surface area contributed by atoms with Crippen LogP contribution in [0.2, 0.25) is 0 Å². The lowest BCUT2D eigenvalue weighted by atomic mass is 9.96. The first kappa shape index (κ1) is 18.1. The van der Waals surface area contributed by atoms with Crippen molar-refractivity contribution in [1.29, 1.82) is 0 Å². The Kier molecular flexibility index (Phi) is 4.66. The number of benzene rings is 1. The van der Waals surface area contributed by atoms with Crippen molar-refractivity contribution in [1.82, 2.24) is 25.5 Å². The number of carbonyl (C=O) groups is 1. The van der Waals surface area contributed by atoms with E-state index in [0.717, 1.165) is 61.4 Å². The standard InChI is InChI=1S/C22H26N6O/c1-14-23-19-7-6-16(12-20(19)24-14)22(29)25-17-8-10-28(11-9-17)21-13-15-4-2-3-5-18(15)26-27-21/h6-7,12-13,17H,2-5,8-11H2,1H3,(H,23,24)(H,25,29). The van der Waals surface area contributed by atoms with E-state index in [2.05, 4.69) is 36.4 Å². The highest BCUT2D eigenvalue weighted by molar-refractivity contribution is 5.97. The second-order valence-electron chi connectivity index (χ2n) is 8.17. The van der Waals surface area contributed by atoms with Crippen molar-refractivity contribution in [2.75, 3.05) is 18.0 Å². The van der Waals surface area contributed by atoms with Crippen LogP contribution in [0.25, 0.3) is 11.0 Å². The molecule has 2 N–H and O–H groups in total. The highest BCUT2D eigenvalue weighted by Gasteiger charge is 2.23. The van der Waals surface area contributed by atoms with Crippen LogP contribution in [0.4, 0.5) is 5.82 Å². The first-order chi connectivity index (χ1) is 14.2. The van der Waals surface area contributed by atoms with Gasteiger partial charge in [0.1, 0.15) is 5.82 Å². The molecule has 0 unspecified atom stereocenters. The van der Waals surface area contributed by atoms with Crippen molar-refractivity contribution in [3.63, 3.8) is 0 Å². The molecule has 7 nitrogen and oxygen atoms in total. The fourth-order valence-corrected chi connectivity index (χ4v) is 4.43.